The number of aryl methyl sites for hydroxylation is 3. The van der Waals surface area contributed by atoms with Crippen LogP contribution in [-0.4, -0.2) is 23.9 Å². The quantitative estimate of drug-likeness (QED) is 0.289. The Kier molecular flexibility index (Phi) is 5.69. The van der Waals surface area contributed by atoms with Gasteiger partial charge in [-0.2, -0.15) is 0 Å². The molecule has 1 saturated heterocycles. The maximum absolute atomic E-state index is 13.2. The Morgan fingerprint density at radius 2 is 1.72 bits per heavy atom. The number of ether oxygens (including phenoxy) is 1. The van der Waals surface area contributed by atoms with E-state index in [-0.39, 0.29) is 11.3 Å². The Hall–Kier alpha value is -3.32. The van der Waals surface area contributed by atoms with Crippen LogP contribution in [0.25, 0.3) is 5.76 Å². The summed E-state index contributed by atoms with van der Waals surface area (Å²) >= 11 is 3.40. The number of carbonyl (C=O) groups excluding carboxylic acids is 2. The lowest BCUT2D eigenvalue weighted by Gasteiger charge is -2.24. The minimum absolute atomic E-state index is 0.0272. The van der Waals surface area contributed by atoms with Gasteiger partial charge < -0.3 is 14.3 Å². The molecule has 164 valence electrons. The molecule has 0 spiro atoms. The van der Waals surface area contributed by atoms with Gasteiger partial charge in [-0.15, -0.1) is 0 Å². The van der Waals surface area contributed by atoms with E-state index in [0.717, 1.165) is 11.1 Å². The second-order valence-corrected chi connectivity index (χ2v) is 8.67. The van der Waals surface area contributed by atoms with E-state index in [0.29, 0.717) is 33.0 Å². The first-order valence-corrected chi connectivity index (χ1v) is 10.8. The monoisotopic (exact) mass is 495 g/mol. The largest absolute Gasteiger partial charge is 0.507 e. The Morgan fingerprint density at radius 1 is 1.03 bits per heavy atom. The van der Waals surface area contributed by atoms with Crippen molar-refractivity contribution in [2.75, 3.05) is 12.0 Å². The fraction of sp³-hybridized carbons (Fsp3) is 0.200. The number of aliphatic hydroxyl groups is 1. The van der Waals surface area contributed by atoms with Gasteiger partial charge in [0.25, 0.3) is 11.7 Å². The molecule has 1 atom stereocenters. The van der Waals surface area contributed by atoms with E-state index < -0.39 is 17.7 Å². The molecule has 32 heavy (non-hydrogen) atoms. The number of ketones is 1. The van der Waals surface area contributed by atoms with Crippen LogP contribution in [0.3, 0.4) is 0 Å². The van der Waals surface area contributed by atoms with Crippen molar-refractivity contribution < 1.29 is 23.8 Å². The Morgan fingerprint density at radius 3 is 2.28 bits per heavy atom. The lowest BCUT2D eigenvalue weighted by Crippen LogP contribution is -2.29. The smallest absolute Gasteiger partial charge is 0.300 e. The maximum atomic E-state index is 13.2. The summed E-state index contributed by atoms with van der Waals surface area (Å²) in [6, 6.07) is 13.2. The van der Waals surface area contributed by atoms with Gasteiger partial charge in [-0.1, -0.05) is 6.07 Å². The normalized spacial score (nSPS) is 17.8. The number of nitrogens with zero attached hydrogens (tertiary/aromatic N) is 1. The Labute approximate surface area is 194 Å². The number of Topliss-reactive ketones (excluding diaryl/α,β-unsaturated/α-hetero) is 1. The minimum atomic E-state index is -0.897. The molecule has 4 rings (SSSR count). The van der Waals surface area contributed by atoms with Gasteiger partial charge in [0.15, 0.2) is 0 Å². The average Bonchev–Trinajstić information content (AvgIpc) is 3.27. The van der Waals surface area contributed by atoms with Crippen molar-refractivity contribution in [3.05, 3.63) is 86.8 Å². The van der Waals surface area contributed by atoms with Crippen LogP contribution in [0.2, 0.25) is 0 Å². The standard InChI is InChI=1S/C25H22BrNO5/c1-13-9-14(2)11-17(10-13)27-22(20-7-5-15(3)32-20)21(24(29)25(27)30)23(28)16-6-8-19(31-4)18(26)12-16/h5-12,22,28H,1-4H3/b23-21-. The first kappa shape index (κ1) is 21.9. The fourth-order valence-corrected chi connectivity index (χ4v) is 4.57. The van der Waals surface area contributed by atoms with Gasteiger partial charge in [0.2, 0.25) is 0 Å². The molecular formula is C25H22BrNO5. The molecule has 1 aliphatic heterocycles. The number of methoxy groups -OCH3 is 1. The van der Waals surface area contributed by atoms with E-state index in [2.05, 4.69) is 15.9 Å². The number of carbonyl (C=O) groups is 2. The molecule has 1 unspecified atom stereocenters. The molecule has 0 bridgehead atoms. The fourth-order valence-electron chi connectivity index (χ4n) is 4.03. The second kappa shape index (κ2) is 8.31. The number of rotatable bonds is 4. The summed E-state index contributed by atoms with van der Waals surface area (Å²) in [7, 11) is 1.54. The van der Waals surface area contributed by atoms with Gasteiger partial charge in [-0.05, 0) is 90.3 Å². The third-order valence-corrected chi connectivity index (χ3v) is 6.00. The van der Waals surface area contributed by atoms with Crippen molar-refractivity contribution in [1.82, 2.24) is 0 Å². The summed E-state index contributed by atoms with van der Waals surface area (Å²) in [5.74, 6) is -0.155. The predicted molar refractivity (Wildman–Crippen MR) is 125 cm³/mol. The molecule has 1 aliphatic rings. The molecule has 7 heteroatoms. The van der Waals surface area contributed by atoms with Crippen LogP contribution in [0.15, 0.2) is 63.0 Å². The maximum Gasteiger partial charge on any atom is 0.300 e. The van der Waals surface area contributed by atoms with E-state index in [9.17, 15) is 14.7 Å². The minimum Gasteiger partial charge on any atom is -0.507 e. The lowest BCUT2D eigenvalue weighted by molar-refractivity contribution is -0.132. The zero-order chi connectivity index (χ0) is 23.2. The third-order valence-electron chi connectivity index (χ3n) is 5.38. The molecule has 1 aromatic heterocycles. The van der Waals surface area contributed by atoms with Gasteiger partial charge >= 0.3 is 0 Å². The van der Waals surface area contributed by atoms with Crippen LogP contribution >= 0.6 is 15.9 Å². The summed E-state index contributed by atoms with van der Waals surface area (Å²) in [6.45, 7) is 5.63. The van der Waals surface area contributed by atoms with E-state index in [1.54, 1.807) is 37.3 Å². The molecule has 0 aliphatic carbocycles. The number of anilines is 1. The molecular weight excluding hydrogens is 474 g/mol. The summed E-state index contributed by atoms with van der Waals surface area (Å²) in [5.41, 5.74) is 2.83. The average molecular weight is 496 g/mol. The van der Waals surface area contributed by atoms with Crippen molar-refractivity contribution in [1.29, 1.82) is 0 Å². The summed E-state index contributed by atoms with van der Waals surface area (Å²) in [4.78, 5) is 27.8. The number of aliphatic hydroxyl groups excluding tert-OH is 1. The van der Waals surface area contributed by atoms with Crippen molar-refractivity contribution in [3.8, 4) is 5.75 Å². The molecule has 1 fully saturated rings. The number of furan rings is 1. The van der Waals surface area contributed by atoms with E-state index in [1.807, 2.05) is 32.0 Å². The number of hydrogen-bond acceptors (Lipinski definition) is 5. The highest BCUT2D eigenvalue weighted by Crippen LogP contribution is 2.43. The van der Waals surface area contributed by atoms with Crippen LogP contribution in [0.5, 0.6) is 5.75 Å². The Balaban J connectivity index is 1.94. The van der Waals surface area contributed by atoms with Gasteiger partial charge in [-0.3, -0.25) is 14.5 Å². The number of halogens is 1. The van der Waals surface area contributed by atoms with Crippen molar-refractivity contribution >= 4 is 39.1 Å². The molecule has 6 nitrogen and oxygen atoms in total. The summed E-state index contributed by atoms with van der Waals surface area (Å²) < 4.78 is 11.7. The Bertz CT molecular complexity index is 1250. The van der Waals surface area contributed by atoms with Crippen LogP contribution in [0.1, 0.15) is 34.3 Å². The predicted octanol–water partition coefficient (Wildman–Crippen LogP) is 5.60. The molecule has 2 heterocycles. The third kappa shape index (κ3) is 3.73. The summed E-state index contributed by atoms with van der Waals surface area (Å²) in [5, 5.41) is 11.2. The first-order chi connectivity index (χ1) is 15.2. The molecule has 3 aromatic rings. The van der Waals surface area contributed by atoms with Crippen molar-refractivity contribution in [3.63, 3.8) is 0 Å². The second-order valence-electron chi connectivity index (χ2n) is 7.81. The summed E-state index contributed by atoms with van der Waals surface area (Å²) in [6.07, 6.45) is 0. The zero-order valence-electron chi connectivity index (χ0n) is 18.1. The lowest BCUT2D eigenvalue weighted by atomic mass is 9.99. The molecule has 1 N–H and O–H groups in total. The number of amides is 1. The van der Waals surface area contributed by atoms with Crippen molar-refractivity contribution in [2.24, 2.45) is 0 Å². The molecule has 2 aromatic carbocycles. The van der Waals surface area contributed by atoms with Crippen LogP contribution in [0, 0.1) is 20.8 Å². The zero-order valence-corrected chi connectivity index (χ0v) is 19.7. The topological polar surface area (TPSA) is 80.0 Å². The van der Waals surface area contributed by atoms with Gasteiger partial charge in [0.1, 0.15) is 29.1 Å². The van der Waals surface area contributed by atoms with Crippen LogP contribution in [-0.2, 0) is 9.59 Å². The highest BCUT2D eigenvalue weighted by molar-refractivity contribution is 9.10. The van der Waals surface area contributed by atoms with Gasteiger partial charge in [0, 0.05) is 11.3 Å². The van der Waals surface area contributed by atoms with Gasteiger partial charge in [0.05, 0.1) is 17.2 Å². The first-order valence-electron chi connectivity index (χ1n) is 10.0. The van der Waals surface area contributed by atoms with Crippen LogP contribution in [0.4, 0.5) is 5.69 Å². The van der Waals surface area contributed by atoms with E-state index >= 15 is 0 Å². The molecule has 1 amide bonds. The highest BCUT2D eigenvalue weighted by Gasteiger charge is 2.48. The highest BCUT2D eigenvalue weighted by atomic mass is 79.9. The molecule has 0 radical (unpaired) electrons. The van der Waals surface area contributed by atoms with Crippen molar-refractivity contribution in [2.45, 2.75) is 26.8 Å². The number of benzene rings is 2. The van der Waals surface area contributed by atoms with E-state index in [1.165, 1.54) is 12.0 Å². The number of hydrogen-bond donors (Lipinski definition) is 1. The van der Waals surface area contributed by atoms with E-state index in [4.69, 9.17) is 9.15 Å². The van der Waals surface area contributed by atoms with Gasteiger partial charge in [-0.25, -0.2) is 0 Å². The SMILES string of the molecule is COc1ccc(/C(O)=C2/C(=O)C(=O)N(c3cc(C)cc(C)c3)C2c2ccc(C)o2)cc1Br. The van der Waals surface area contributed by atoms with Crippen LogP contribution < -0.4 is 9.64 Å². The molecule has 0 saturated carbocycles.